The van der Waals surface area contributed by atoms with Crippen molar-refractivity contribution < 1.29 is 19.0 Å². The smallest absolute Gasteiger partial charge is 0.152 e. The van der Waals surface area contributed by atoms with E-state index in [2.05, 4.69) is 15.6 Å². The zero-order chi connectivity index (χ0) is 22.8. The summed E-state index contributed by atoms with van der Waals surface area (Å²) in [6.07, 6.45) is -5.26. The first-order valence-corrected chi connectivity index (χ1v) is 10.6. The van der Waals surface area contributed by atoms with Crippen molar-refractivity contribution >= 4 is 0 Å². The Labute approximate surface area is 187 Å². The van der Waals surface area contributed by atoms with Crippen LogP contribution >= 0.6 is 0 Å². The highest BCUT2D eigenvalue weighted by molar-refractivity contribution is 5.19. The number of nitrogens with one attached hydrogen (secondary N) is 2. The zero-order valence-corrected chi connectivity index (χ0v) is 17.7. The van der Waals surface area contributed by atoms with Crippen molar-refractivity contribution in [1.82, 2.24) is 15.6 Å². The minimum absolute atomic E-state index is 0.0871. The standard InChI is InChI=1S/C25H29F2N3O2/c26-24(18-8-3-1-4-9-18)22(31)16-28-14-20-12-7-13-21(30-20)15-29-17-23(32)25(27)19-10-5-2-6-11-19/h1-13,22-25,28-29,31-32H,14-17H2/t22-,23-,24+,25+/m0/s1. The third-order valence-electron chi connectivity index (χ3n) is 5.10. The zero-order valence-electron chi connectivity index (χ0n) is 17.7. The lowest BCUT2D eigenvalue weighted by atomic mass is 10.1. The molecule has 1 heterocycles. The van der Waals surface area contributed by atoms with Crippen LogP contribution in [0.2, 0.25) is 0 Å². The van der Waals surface area contributed by atoms with Gasteiger partial charge in [0.2, 0.25) is 0 Å². The van der Waals surface area contributed by atoms with Gasteiger partial charge in [0.15, 0.2) is 12.3 Å². The Morgan fingerprint density at radius 2 is 1.03 bits per heavy atom. The van der Waals surface area contributed by atoms with Crippen LogP contribution in [0.4, 0.5) is 8.78 Å². The number of nitrogens with zero attached hydrogens (tertiary/aromatic N) is 1. The summed E-state index contributed by atoms with van der Waals surface area (Å²) < 4.78 is 28.7. The van der Waals surface area contributed by atoms with Crippen molar-refractivity contribution in [2.24, 2.45) is 0 Å². The molecule has 5 nitrogen and oxygen atoms in total. The number of aliphatic hydroxyl groups excluding tert-OH is 2. The second kappa shape index (κ2) is 12.4. The summed E-state index contributed by atoms with van der Waals surface area (Å²) in [6.45, 7) is 0.915. The van der Waals surface area contributed by atoms with Gasteiger partial charge < -0.3 is 20.8 Å². The van der Waals surface area contributed by atoms with Crippen LogP contribution < -0.4 is 10.6 Å². The number of pyridine rings is 1. The van der Waals surface area contributed by atoms with Gasteiger partial charge in [-0.1, -0.05) is 66.7 Å². The predicted octanol–water partition coefficient (Wildman–Crippen LogP) is 3.40. The predicted molar refractivity (Wildman–Crippen MR) is 120 cm³/mol. The highest BCUT2D eigenvalue weighted by atomic mass is 19.1. The number of alkyl halides is 2. The van der Waals surface area contributed by atoms with E-state index in [-0.39, 0.29) is 13.1 Å². The Morgan fingerprint density at radius 1 is 0.625 bits per heavy atom. The van der Waals surface area contributed by atoms with Gasteiger partial charge in [-0.3, -0.25) is 4.98 Å². The molecule has 0 saturated heterocycles. The average Bonchev–Trinajstić information content (AvgIpc) is 2.84. The summed E-state index contributed by atoms with van der Waals surface area (Å²) in [6, 6.07) is 22.6. The van der Waals surface area contributed by atoms with Crippen molar-refractivity contribution in [3.63, 3.8) is 0 Å². The second-order valence-corrected chi connectivity index (χ2v) is 7.64. The van der Waals surface area contributed by atoms with Crippen LogP contribution in [0.1, 0.15) is 34.9 Å². The Kier molecular flexibility index (Phi) is 9.25. The molecule has 0 aliphatic carbocycles. The molecule has 0 saturated carbocycles. The van der Waals surface area contributed by atoms with Crippen molar-refractivity contribution in [3.8, 4) is 0 Å². The highest BCUT2D eigenvalue weighted by Gasteiger charge is 2.20. The average molecular weight is 442 g/mol. The van der Waals surface area contributed by atoms with Gasteiger partial charge in [-0.25, -0.2) is 8.78 Å². The summed E-state index contributed by atoms with van der Waals surface area (Å²) in [5, 5.41) is 26.2. The largest absolute Gasteiger partial charge is 0.388 e. The molecule has 1 aromatic heterocycles. The molecule has 0 spiro atoms. The Hall–Kier alpha value is -2.71. The van der Waals surface area contributed by atoms with Crippen LogP contribution in [0.5, 0.6) is 0 Å². The summed E-state index contributed by atoms with van der Waals surface area (Å²) in [7, 11) is 0. The molecule has 4 atom stereocenters. The lowest BCUT2D eigenvalue weighted by molar-refractivity contribution is 0.0767. The van der Waals surface area contributed by atoms with Gasteiger partial charge in [0.05, 0.1) is 11.4 Å². The van der Waals surface area contributed by atoms with Crippen molar-refractivity contribution in [2.75, 3.05) is 13.1 Å². The fourth-order valence-electron chi connectivity index (χ4n) is 3.35. The minimum atomic E-state index is -1.46. The van der Waals surface area contributed by atoms with E-state index in [0.717, 1.165) is 11.4 Å². The van der Waals surface area contributed by atoms with Gasteiger partial charge in [0, 0.05) is 26.2 Å². The molecule has 0 aliphatic rings. The normalized spacial score (nSPS) is 15.1. The summed E-state index contributed by atoms with van der Waals surface area (Å²) in [5.41, 5.74) is 2.36. The topological polar surface area (TPSA) is 77.4 Å². The van der Waals surface area contributed by atoms with Crippen LogP contribution in [-0.4, -0.2) is 40.5 Å². The molecule has 0 aliphatic heterocycles. The minimum Gasteiger partial charge on any atom is -0.388 e. The Morgan fingerprint density at radius 3 is 1.44 bits per heavy atom. The van der Waals surface area contributed by atoms with E-state index < -0.39 is 24.6 Å². The van der Waals surface area contributed by atoms with Gasteiger partial charge in [-0.2, -0.15) is 0 Å². The molecule has 3 aromatic rings. The maximum atomic E-state index is 14.3. The molecule has 0 fully saturated rings. The molecule has 0 unspecified atom stereocenters. The van der Waals surface area contributed by atoms with Crippen molar-refractivity contribution in [1.29, 1.82) is 0 Å². The van der Waals surface area contributed by atoms with Crippen LogP contribution in [0, 0.1) is 0 Å². The van der Waals surface area contributed by atoms with Crippen LogP contribution in [0.3, 0.4) is 0 Å². The number of rotatable bonds is 12. The van der Waals surface area contributed by atoms with Crippen LogP contribution in [0.25, 0.3) is 0 Å². The number of aromatic nitrogens is 1. The van der Waals surface area contributed by atoms with Crippen molar-refractivity contribution in [3.05, 3.63) is 101 Å². The van der Waals surface area contributed by atoms with E-state index in [4.69, 9.17) is 0 Å². The van der Waals surface area contributed by atoms with Gasteiger partial charge in [-0.15, -0.1) is 0 Å². The fraction of sp³-hybridized carbons (Fsp3) is 0.320. The molecule has 3 rings (SSSR count). The molecular weight excluding hydrogens is 412 g/mol. The second-order valence-electron chi connectivity index (χ2n) is 7.64. The van der Waals surface area contributed by atoms with Crippen LogP contribution in [-0.2, 0) is 13.1 Å². The quantitative estimate of drug-likeness (QED) is 0.347. The van der Waals surface area contributed by atoms with E-state index >= 15 is 0 Å². The van der Waals surface area contributed by atoms with E-state index in [1.165, 1.54) is 0 Å². The monoisotopic (exact) mass is 441 g/mol. The number of aliphatic hydroxyl groups is 2. The number of hydrogen-bond acceptors (Lipinski definition) is 5. The third kappa shape index (κ3) is 7.17. The fourth-order valence-corrected chi connectivity index (χ4v) is 3.35. The lowest BCUT2D eigenvalue weighted by Gasteiger charge is -2.17. The molecule has 7 heteroatoms. The third-order valence-corrected chi connectivity index (χ3v) is 5.10. The molecule has 4 N–H and O–H groups in total. The number of benzene rings is 2. The summed E-state index contributed by atoms with van der Waals surface area (Å²) in [4.78, 5) is 4.50. The van der Waals surface area contributed by atoms with E-state index in [9.17, 15) is 19.0 Å². The Balaban J connectivity index is 1.41. The molecule has 0 amide bonds. The van der Waals surface area contributed by atoms with Gasteiger partial charge in [0.25, 0.3) is 0 Å². The number of halogens is 2. The maximum Gasteiger partial charge on any atom is 0.152 e. The molecular formula is C25H29F2N3O2. The molecule has 0 bridgehead atoms. The first-order valence-electron chi connectivity index (χ1n) is 10.6. The highest BCUT2D eigenvalue weighted by Crippen LogP contribution is 2.21. The summed E-state index contributed by atoms with van der Waals surface area (Å²) in [5.74, 6) is 0. The molecule has 170 valence electrons. The SMILES string of the molecule is O[C@@H](CNCc1cccc(CNC[C@H](O)[C@H](F)c2ccccc2)n1)[C@H](F)c1ccccc1. The molecule has 0 radical (unpaired) electrons. The summed E-state index contributed by atoms with van der Waals surface area (Å²) >= 11 is 0. The van der Waals surface area contributed by atoms with E-state index in [0.29, 0.717) is 24.2 Å². The van der Waals surface area contributed by atoms with Crippen LogP contribution in [0.15, 0.2) is 78.9 Å². The van der Waals surface area contributed by atoms with E-state index in [1.54, 1.807) is 60.7 Å². The van der Waals surface area contributed by atoms with E-state index in [1.807, 2.05) is 18.2 Å². The lowest BCUT2D eigenvalue weighted by Crippen LogP contribution is -2.31. The van der Waals surface area contributed by atoms with Gasteiger partial charge >= 0.3 is 0 Å². The first-order chi connectivity index (χ1) is 15.5. The van der Waals surface area contributed by atoms with Crippen molar-refractivity contribution in [2.45, 2.75) is 37.6 Å². The first kappa shape index (κ1) is 23.9. The molecule has 32 heavy (non-hydrogen) atoms. The Bertz CT molecular complexity index is 858. The number of hydrogen-bond donors (Lipinski definition) is 4. The van der Waals surface area contributed by atoms with Gasteiger partial charge in [0.1, 0.15) is 12.2 Å². The maximum absolute atomic E-state index is 14.3. The molecule has 2 aromatic carbocycles. The van der Waals surface area contributed by atoms with Gasteiger partial charge in [-0.05, 0) is 23.3 Å².